The van der Waals surface area contributed by atoms with E-state index < -0.39 is 25.3 Å². The second kappa shape index (κ2) is 11.6. The third-order valence-corrected chi connectivity index (χ3v) is 8.58. The highest BCUT2D eigenvalue weighted by atomic mass is 28.3. The summed E-state index contributed by atoms with van der Waals surface area (Å²) in [5, 5.41) is 0.547. The zero-order valence-electron chi connectivity index (χ0n) is 24.9. The summed E-state index contributed by atoms with van der Waals surface area (Å²) >= 11 is 0. The minimum absolute atomic E-state index is 0.0143. The summed E-state index contributed by atoms with van der Waals surface area (Å²) in [7, 11) is -1.81. The Hall–Kier alpha value is -2.86. The molecule has 218 valence electrons. The largest absolute Gasteiger partial charge is 0.444 e. The molecule has 9 heteroatoms. The van der Waals surface area contributed by atoms with Crippen molar-refractivity contribution in [3.63, 3.8) is 0 Å². The summed E-state index contributed by atoms with van der Waals surface area (Å²) in [6.07, 6.45) is 4.18. The number of aromatic nitrogens is 1. The van der Waals surface area contributed by atoms with Gasteiger partial charge in [0.25, 0.3) is 5.91 Å². The Balaban J connectivity index is 1.77. The maximum atomic E-state index is 15.0. The number of carbonyl (C=O) groups excluding carboxylic acids is 2. The fourth-order valence-electron chi connectivity index (χ4n) is 5.93. The van der Waals surface area contributed by atoms with Crippen LogP contribution in [0.15, 0.2) is 12.1 Å². The number of H-pyrrole nitrogens is 1. The number of halogens is 2. The Bertz CT molecular complexity index is 1320. The first-order valence-electron chi connectivity index (χ1n) is 14.5. The summed E-state index contributed by atoms with van der Waals surface area (Å²) in [5.41, 5.74) is 4.59. The number of aromatic amines is 1. The maximum Gasteiger partial charge on any atom is 0.410 e. The zero-order valence-corrected chi connectivity index (χ0v) is 25.9. The molecule has 0 aliphatic carbocycles. The first-order chi connectivity index (χ1) is 18.7. The van der Waals surface area contributed by atoms with Crippen LogP contribution in [0.1, 0.15) is 77.1 Å². The van der Waals surface area contributed by atoms with Crippen LogP contribution in [-0.2, 0) is 16.0 Å². The molecule has 6 nitrogen and oxygen atoms in total. The lowest BCUT2D eigenvalue weighted by Gasteiger charge is -2.46. The van der Waals surface area contributed by atoms with E-state index in [1.54, 1.807) is 4.90 Å². The van der Waals surface area contributed by atoms with E-state index in [2.05, 4.69) is 43.0 Å². The van der Waals surface area contributed by atoms with E-state index in [1.165, 1.54) is 6.07 Å². The van der Waals surface area contributed by atoms with E-state index in [1.807, 2.05) is 25.7 Å². The molecule has 2 amide bonds. The van der Waals surface area contributed by atoms with Gasteiger partial charge >= 0.3 is 6.09 Å². The molecule has 1 N–H and O–H groups in total. The number of ether oxygens (including phenoxy) is 1. The average molecular weight is 572 g/mol. The summed E-state index contributed by atoms with van der Waals surface area (Å²) in [5.74, 6) is 1.53. The van der Waals surface area contributed by atoms with Gasteiger partial charge in [0.05, 0.1) is 11.6 Å². The van der Waals surface area contributed by atoms with Gasteiger partial charge < -0.3 is 19.5 Å². The molecule has 2 atom stereocenters. The van der Waals surface area contributed by atoms with E-state index in [0.29, 0.717) is 37.7 Å². The molecule has 2 aliphatic rings. The molecule has 1 aromatic heterocycles. The number of piperidine rings is 1. The lowest BCUT2D eigenvalue weighted by atomic mass is 9.79. The van der Waals surface area contributed by atoms with Gasteiger partial charge in [0.15, 0.2) is 0 Å². The molecular weight excluding hydrogens is 528 g/mol. The van der Waals surface area contributed by atoms with Crippen LogP contribution < -0.4 is 0 Å². The molecule has 0 saturated carbocycles. The summed E-state index contributed by atoms with van der Waals surface area (Å²) in [6, 6.07) is 1.80. The summed E-state index contributed by atoms with van der Waals surface area (Å²) in [4.78, 5) is 33.6. The van der Waals surface area contributed by atoms with Crippen molar-refractivity contribution < 1.29 is 23.1 Å². The Morgan fingerprint density at radius 2 is 1.82 bits per heavy atom. The van der Waals surface area contributed by atoms with Crippen LogP contribution in [0.5, 0.6) is 0 Å². The predicted molar refractivity (Wildman–Crippen MR) is 156 cm³/mol. The maximum absolute atomic E-state index is 15.0. The average Bonchev–Trinajstić information content (AvgIpc) is 3.22. The topological polar surface area (TPSA) is 65.6 Å². The van der Waals surface area contributed by atoms with Crippen LogP contribution >= 0.6 is 0 Å². The summed E-state index contributed by atoms with van der Waals surface area (Å²) < 4.78 is 34.9. The van der Waals surface area contributed by atoms with Crippen molar-refractivity contribution in [2.45, 2.75) is 104 Å². The van der Waals surface area contributed by atoms with Gasteiger partial charge in [0.1, 0.15) is 25.3 Å². The third-order valence-electron chi connectivity index (χ3n) is 7.70. The van der Waals surface area contributed by atoms with Crippen molar-refractivity contribution >= 4 is 31.0 Å². The molecule has 1 fully saturated rings. The van der Waals surface area contributed by atoms with Crippen LogP contribution in [-0.4, -0.2) is 59.6 Å². The van der Waals surface area contributed by atoms with Crippen molar-refractivity contribution in [1.29, 1.82) is 0 Å². The minimum atomic E-state index is -1.81. The number of rotatable bonds is 4. The van der Waals surface area contributed by atoms with Crippen LogP contribution in [0.4, 0.5) is 13.6 Å². The number of carbonyl (C=O) groups is 2. The molecule has 3 heterocycles. The Morgan fingerprint density at radius 3 is 2.42 bits per heavy atom. The van der Waals surface area contributed by atoms with Gasteiger partial charge in [-0.15, -0.1) is 5.54 Å². The van der Waals surface area contributed by atoms with Crippen molar-refractivity contribution in [1.82, 2.24) is 14.8 Å². The molecule has 0 unspecified atom stereocenters. The first kappa shape index (κ1) is 30.1. The lowest BCUT2D eigenvalue weighted by molar-refractivity contribution is -0.133. The smallest absolute Gasteiger partial charge is 0.410 e. The standard InChI is InChI=1S/C31H43F2N3O3Si/c1-8-9-10-22-19-24-23-17-21(32)18-25(33)27(23)34-28(24)29(36(22)26(37)13-16-40(5,6)7)20-11-14-35(15-12-20)30(38)39-31(2,3)4/h17-18,20,22,29,34H,8-12,14-15,19H2,1-7H3/t22-,29-/m0/s1. The van der Waals surface area contributed by atoms with Gasteiger partial charge in [0, 0.05) is 36.3 Å². The van der Waals surface area contributed by atoms with E-state index in [-0.39, 0.29) is 35.5 Å². The second-order valence-electron chi connectivity index (χ2n) is 13.3. The molecule has 2 aromatic rings. The van der Waals surface area contributed by atoms with Crippen LogP contribution in [0.3, 0.4) is 0 Å². The molecule has 1 aromatic carbocycles. The Labute approximate surface area is 237 Å². The number of likely N-dealkylation sites (tertiary alicyclic amines) is 1. The van der Waals surface area contributed by atoms with E-state index in [9.17, 15) is 18.4 Å². The highest BCUT2D eigenvalue weighted by Gasteiger charge is 2.44. The van der Waals surface area contributed by atoms with Gasteiger partial charge in [-0.25, -0.2) is 13.6 Å². The van der Waals surface area contributed by atoms with Crippen molar-refractivity contribution in [2.24, 2.45) is 5.92 Å². The number of fused-ring (bicyclic) bond motifs is 3. The molecule has 0 spiro atoms. The molecule has 40 heavy (non-hydrogen) atoms. The highest BCUT2D eigenvalue weighted by molar-refractivity contribution is 6.84. The number of unbranched alkanes of at least 4 members (excludes halogenated alkanes) is 1. The number of hydrogen-bond donors (Lipinski definition) is 1. The van der Waals surface area contributed by atoms with Crippen molar-refractivity contribution in [2.75, 3.05) is 13.1 Å². The van der Waals surface area contributed by atoms with Gasteiger partial charge in [-0.2, -0.15) is 0 Å². The summed E-state index contributed by atoms with van der Waals surface area (Å²) in [6.45, 7) is 15.0. The number of benzene rings is 1. The van der Waals surface area contributed by atoms with E-state index in [0.717, 1.165) is 36.6 Å². The second-order valence-corrected chi connectivity index (χ2v) is 18.0. The fraction of sp³-hybridized carbons (Fsp3) is 0.613. The third kappa shape index (κ3) is 6.71. The van der Waals surface area contributed by atoms with Crippen LogP contribution in [0, 0.1) is 29.0 Å². The lowest BCUT2D eigenvalue weighted by Crippen LogP contribution is -2.51. The van der Waals surface area contributed by atoms with Gasteiger partial charge in [-0.3, -0.25) is 4.79 Å². The van der Waals surface area contributed by atoms with Gasteiger partial charge in [0.2, 0.25) is 0 Å². The Kier molecular flexibility index (Phi) is 8.70. The Morgan fingerprint density at radius 1 is 1.15 bits per heavy atom. The highest BCUT2D eigenvalue weighted by Crippen LogP contribution is 2.45. The van der Waals surface area contributed by atoms with Crippen LogP contribution in [0.2, 0.25) is 19.6 Å². The van der Waals surface area contributed by atoms with E-state index >= 15 is 0 Å². The first-order valence-corrected chi connectivity index (χ1v) is 18.0. The molecule has 0 radical (unpaired) electrons. The number of nitrogens with one attached hydrogen (secondary N) is 1. The fourth-order valence-corrected chi connectivity index (χ4v) is 6.41. The van der Waals surface area contributed by atoms with Gasteiger partial charge in [-0.05, 0) is 69.9 Å². The molecule has 0 bridgehead atoms. The van der Waals surface area contributed by atoms with Crippen molar-refractivity contribution in [3.8, 4) is 11.5 Å². The monoisotopic (exact) mass is 571 g/mol. The van der Waals surface area contributed by atoms with Gasteiger partial charge in [-0.1, -0.05) is 39.4 Å². The number of hydrogen-bond acceptors (Lipinski definition) is 3. The molecule has 2 aliphatic heterocycles. The number of amides is 2. The molecular formula is C31H43F2N3O3Si. The number of nitrogens with zero attached hydrogens (tertiary/aromatic N) is 2. The minimum Gasteiger partial charge on any atom is -0.444 e. The SMILES string of the molecule is CCCC[C@H]1Cc2c([nH]c3c(F)cc(F)cc23)[C@H](C2CCN(C(=O)OC(C)(C)C)CC2)N1C(=O)C#C[Si](C)(C)C. The normalized spacial score (nSPS) is 20.2. The van der Waals surface area contributed by atoms with Crippen LogP contribution in [0.25, 0.3) is 10.9 Å². The van der Waals surface area contributed by atoms with E-state index in [4.69, 9.17) is 4.74 Å². The molecule has 4 rings (SSSR count). The molecule has 1 saturated heterocycles. The zero-order chi connectivity index (χ0) is 29.4. The van der Waals surface area contributed by atoms with Crippen molar-refractivity contribution in [3.05, 3.63) is 35.0 Å². The quantitative estimate of drug-likeness (QED) is 0.319. The predicted octanol–water partition coefficient (Wildman–Crippen LogP) is 6.96.